The Kier molecular flexibility index (Phi) is 7.32. The molecule has 2 amide bonds. The maximum atomic E-state index is 12.0. The third kappa shape index (κ3) is 5.68. The number of carbonyl (C=O) groups is 1. The molecule has 1 heterocycles. The van der Waals surface area contributed by atoms with E-state index in [-0.39, 0.29) is 6.03 Å². The number of amides is 2. The van der Waals surface area contributed by atoms with Crippen LogP contribution in [0.2, 0.25) is 0 Å². The highest BCUT2D eigenvalue weighted by molar-refractivity contribution is 5.73. The molecule has 4 heteroatoms. The van der Waals surface area contributed by atoms with Crippen LogP contribution >= 0.6 is 0 Å². The van der Waals surface area contributed by atoms with Crippen molar-refractivity contribution in [3.05, 3.63) is 48.0 Å². The Morgan fingerprint density at radius 3 is 3.00 bits per heavy atom. The van der Waals surface area contributed by atoms with Gasteiger partial charge in [-0.3, -0.25) is 0 Å². The highest BCUT2D eigenvalue weighted by Gasteiger charge is 2.22. The lowest BCUT2D eigenvalue weighted by Crippen LogP contribution is -2.45. The van der Waals surface area contributed by atoms with Crippen LogP contribution in [0.15, 0.2) is 36.9 Å². The van der Waals surface area contributed by atoms with Crippen LogP contribution < -0.4 is 5.32 Å². The van der Waals surface area contributed by atoms with Crippen molar-refractivity contribution in [2.45, 2.75) is 26.2 Å². The lowest BCUT2D eigenvalue weighted by Gasteiger charge is -2.34. The zero-order valence-electron chi connectivity index (χ0n) is 15.1. The molecule has 1 aromatic rings. The Bertz CT molecular complexity index is 543. The number of hydrogen-bond donors (Lipinski definition) is 1. The van der Waals surface area contributed by atoms with Crippen LogP contribution in [0.25, 0.3) is 0 Å². The molecule has 1 fully saturated rings. The number of benzene rings is 1. The third-order valence-electron chi connectivity index (χ3n) is 4.84. The maximum absolute atomic E-state index is 12.0. The smallest absolute Gasteiger partial charge is 0.317 e. The summed E-state index contributed by atoms with van der Waals surface area (Å²) in [5.74, 6) is 0.565. The highest BCUT2D eigenvalue weighted by Crippen LogP contribution is 2.18. The number of likely N-dealkylation sites (tertiary alicyclic amines) is 1. The Balaban J connectivity index is 1.78. The summed E-state index contributed by atoms with van der Waals surface area (Å²) in [6.07, 6.45) is 5.25. The van der Waals surface area contributed by atoms with Gasteiger partial charge in [0.2, 0.25) is 0 Å². The quantitative estimate of drug-likeness (QED) is 0.780. The predicted octanol–water partition coefficient (Wildman–Crippen LogP) is 3.08. The second-order valence-electron chi connectivity index (χ2n) is 6.84. The van der Waals surface area contributed by atoms with Gasteiger partial charge in [-0.05, 0) is 49.8 Å². The second-order valence-corrected chi connectivity index (χ2v) is 6.84. The van der Waals surface area contributed by atoms with Gasteiger partial charge in [0, 0.05) is 33.2 Å². The monoisotopic (exact) mass is 329 g/mol. The SMILES string of the molecule is C=CCNC(=O)N(C)C[C@@H]1CCCN(CCc2ccccc2C)C1. The molecule has 0 radical (unpaired) electrons. The van der Waals surface area contributed by atoms with Crippen LogP contribution in [0.5, 0.6) is 0 Å². The minimum Gasteiger partial charge on any atom is -0.335 e. The number of piperidine rings is 1. The Labute approximate surface area is 146 Å². The first-order valence-corrected chi connectivity index (χ1v) is 8.97. The van der Waals surface area contributed by atoms with E-state index in [1.54, 1.807) is 11.0 Å². The molecular formula is C20H31N3O. The number of nitrogens with zero attached hydrogens (tertiary/aromatic N) is 2. The van der Waals surface area contributed by atoms with Gasteiger partial charge in [0.25, 0.3) is 0 Å². The topological polar surface area (TPSA) is 35.6 Å². The van der Waals surface area contributed by atoms with E-state index in [1.807, 2.05) is 7.05 Å². The molecule has 132 valence electrons. The fourth-order valence-corrected chi connectivity index (χ4v) is 3.44. The van der Waals surface area contributed by atoms with Gasteiger partial charge >= 0.3 is 6.03 Å². The molecule has 0 unspecified atom stereocenters. The summed E-state index contributed by atoms with van der Waals surface area (Å²) in [5, 5.41) is 2.84. The van der Waals surface area contributed by atoms with E-state index >= 15 is 0 Å². The molecule has 1 aliphatic rings. The summed E-state index contributed by atoms with van der Waals surface area (Å²) in [5.41, 5.74) is 2.82. The molecule has 0 saturated carbocycles. The van der Waals surface area contributed by atoms with Crippen LogP contribution in [-0.2, 0) is 6.42 Å². The molecule has 1 N–H and O–H groups in total. The molecule has 1 saturated heterocycles. The summed E-state index contributed by atoms with van der Waals surface area (Å²) < 4.78 is 0. The molecule has 1 aliphatic heterocycles. The number of hydrogen-bond acceptors (Lipinski definition) is 2. The highest BCUT2D eigenvalue weighted by atomic mass is 16.2. The van der Waals surface area contributed by atoms with Gasteiger partial charge in [-0.25, -0.2) is 4.79 Å². The van der Waals surface area contributed by atoms with E-state index in [1.165, 1.54) is 30.5 Å². The number of aryl methyl sites for hydroxylation is 1. The zero-order valence-corrected chi connectivity index (χ0v) is 15.1. The summed E-state index contributed by atoms with van der Waals surface area (Å²) in [6, 6.07) is 8.63. The zero-order chi connectivity index (χ0) is 17.4. The summed E-state index contributed by atoms with van der Waals surface area (Å²) in [7, 11) is 1.88. The Morgan fingerprint density at radius 1 is 1.46 bits per heavy atom. The fourth-order valence-electron chi connectivity index (χ4n) is 3.44. The first-order valence-electron chi connectivity index (χ1n) is 8.97. The number of nitrogens with one attached hydrogen (secondary N) is 1. The molecule has 0 aliphatic carbocycles. The predicted molar refractivity (Wildman–Crippen MR) is 100 cm³/mol. The van der Waals surface area contributed by atoms with Crippen LogP contribution in [0.4, 0.5) is 4.79 Å². The van der Waals surface area contributed by atoms with Crippen LogP contribution in [0.3, 0.4) is 0 Å². The third-order valence-corrected chi connectivity index (χ3v) is 4.84. The van der Waals surface area contributed by atoms with Crippen molar-refractivity contribution in [1.82, 2.24) is 15.1 Å². The van der Waals surface area contributed by atoms with Gasteiger partial charge in [0.05, 0.1) is 0 Å². The van der Waals surface area contributed by atoms with E-state index in [0.717, 1.165) is 26.1 Å². The van der Waals surface area contributed by atoms with Crippen molar-refractivity contribution in [2.24, 2.45) is 5.92 Å². The van der Waals surface area contributed by atoms with Gasteiger partial charge in [0.1, 0.15) is 0 Å². The fraction of sp³-hybridized carbons (Fsp3) is 0.550. The lowest BCUT2D eigenvalue weighted by atomic mass is 9.97. The molecule has 4 nitrogen and oxygen atoms in total. The number of carbonyl (C=O) groups excluding carboxylic acids is 1. The molecule has 1 atom stereocenters. The minimum absolute atomic E-state index is 0.00747. The van der Waals surface area contributed by atoms with Gasteiger partial charge in [-0.2, -0.15) is 0 Å². The van der Waals surface area contributed by atoms with Gasteiger partial charge < -0.3 is 15.1 Å². The van der Waals surface area contributed by atoms with E-state index in [0.29, 0.717) is 12.5 Å². The van der Waals surface area contributed by atoms with Gasteiger partial charge in [0.15, 0.2) is 0 Å². The van der Waals surface area contributed by atoms with Crippen molar-refractivity contribution >= 4 is 6.03 Å². The van der Waals surface area contributed by atoms with E-state index in [9.17, 15) is 4.79 Å². The Hall–Kier alpha value is -1.81. The first kappa shape index (κ1) is 18.5. The largest absolute Gasteiger partial charge is 0.335 e. The molecule has 1 aromatic carbocycles. The van der Waals surface area contributed by atoms with Crippen LogP contribution in [0, 0.1) is 12.8 Å². The van der Waals surface area contributed by atoms with Crippen molar-refractivity contribution in [3.8, 4) is 0 Å². The number of urea groups is 1. The van der Waals surface area contributed by atoms with Crippen LogP contribution in [0.1, 0.15) is 24.0 Å². The minimum atomic E-state index is -0.00747. The van der Waals surface area contributed by atoms with E-state index in [4.69, 9.17) is 0 Å². The van der Waals surface area contributed by atoms with Crippen molar-refractivity contribution in [3.63, 3.8) is 0 Å². The summed E-state index contributed by atoms with van der Waals surface area (Å²) in [6.45, 7) is 10.5. The van der Waals surface area contributed by atoms with Crippen molar-refractivity contribution < 1.29 is 4.79 Å². The second kappa shape index (κ2) is 9.48. The van der Waals surface area contributed by atoms with E-state index in [2.05, 4.69) is 48.0 Å². The van der Waals surface area contributed by atoms with Gasteiger partial charge in [-0.1, -0.05) is 30.3 Å². The summed E-state index contributed by atoms with van der Waals surface area (Å²) in [4.78, 5) is 16.3. The molecule has 0 bridgehead atoms. The number of rotatable bonds is 7. The normalized spacial score (nSPS) is 18.2. The standard InChI is InChI=1S/C20H31N3O/c1-4-12-21-20(24)22(3)15-18-9-7-13-23(16-18)14-11-19-10-6-5-8-17(19)2/h4-6,8,10,18H,1,7,9,11-16H2,2-3H3,(H,21,24)/t18-/m0/s1. The molecule has 0 aromatic heterocycles. The lowest BCUT2D eigenvalue weighted by molar-refractivity contribution is 0.146. The van der Waals surface area contributed by atoms with E-state index < -0.39 is 0 Å². The molecule has 0 spiro atoms. The molecule has 24 heavy (non-hydrogen) atoms. The average Bonchev–Trinajstić information content (AvgIpc) is 2.59. The van der Waals surface area contributed by atoms with Gasteiger partial charge in [-0.15, -0.1) is 6.58 Å². The summed E-state index contributed by atoms with van der Waals surface area (Å²) >= 11 is 0. The average molecular weight is 329 g/mol. The maximum Gasteiger partial charge on any atom is 0.317 e. The Morgan fingerprint density at radius 2 is 2.25 bits per heavy atom. The molecule has 2 rings (SSSR count). The first-order chi connectivity index (χ1) is 11.6. The van der Waals surface area contributed by atoms with Crippen molar-refractivity contribution in [1.29, 1.82) is 0 Å². The van der Waals surface area contributed by atoms with Crippen LogP contribution in [-0.4, -0.2) is 55.6 Å². The molecular weight excluding hydrogens is 298 g/mol. The van der Waals surface area contributed by atoms with Crippen molar-refractivity contribution in [2.75, 3.05) is 39.8 Å².